The summed E-state index contributed by atoms with van der Waals surface area (Å²) < 4.78 is 58.6. The molecule has 0 amide bonds. The van der Waals surface area contributed by atoms with Crippen LogP contribution < -0.4 is 5.73 Å². The Balaban J connectivity index is 0.000000162. The summed E-state index contributed by atoms with van der Waals surface area (Å²) in [6, 6.07) is 24.4. The van der Waals surface area contributed by atoms with Crippen molar-refractivity contribution in [3.63, 3.8) is 0 Å². The average molecular weight is 547 g/mol. The fourth-order valence-electron chi connectivity index (χ4n) is 4.53. The van der Waals surface area contributed by atoms with Gasteiger partial charge >= 0.3 is 5.69 Å². The molecular formula is C30H22F4N4O2. The number of hydrogen-bond acceptors (Lipinski definition) is 3. The zero-order valence-electron chi connectivity index (χ0n) is 20.9. The molecule has 202 valence electrons. The van der Waals surface area contributed by atoms with Crippen LogP contribution in [0.15, 0.2) is 97.3 Å². The Morgan fingerprint density at radius 2 is 1.12 bits per heavy atom. The van der Waals surface area contributed by atoms with Gasteiger partial charge in [-0.15, -0.1) is 0 Å². The fourth-order valence-corrected chi connectivity index (χ4v) is 4.53. The van der Waals surface area contributed by atoms with Crippen molar-refractivity contribution in [3.8, 4) is 0 Å². The molecule has 0 aliphatic carbocycles. The Kier molecular flexibility index (Phi) is 7.24. The Bertz CT molecular complexity index is 1830. The zero-order valence-corrected chi connectivity index (χ0v) is 20.9. The summed E-state index contributed by atoms with van der Waals surface area (Å²) in [5.74, 6) is -3.72. The van der Waals surface area contributed by atoms with Gasteiger partial charge < -0.3 is 14.9 Å². The standard InChI is InChI=1S/C15H10F2N2O2.C15H12F2N2/c16-12-8-13-11(14(17)15(12)19(20)21)6-7-18(13)9-10-4-2-1-3-5-10;16-12-8-13-11(14(17)15(12)18)6-7-19(13)9-10-4-2-1-3-5-10/h1-8H,9H2;1-8H,9,18H2. The molecule has 0 radical (unpaired) electrons. The summed E-state index contributed by atoms with van der Waals surface area (Å²) in [6.07, 6.45) is 3.32. The normalized spacial score (nSPS) is 11.0. The largest absolute Gasteiger partial charge is 0.394 e. The smallest absolute Gasteiger partial charge is 0.340 e. The number of nitrogen functional groups attached to an aromatic ring is 1. The summed E-state index contributed by atoms with van der Waals surface area (Å²) in [5, 5.41) is 11.1. The first-order chi connectivity index (χ1) is 19.2. The van der Waals surface area contributed by atoms with Gasteiger partial charge in [-0.2, -0.15) is 8.78 Å². The maximum Gasteiger partial charge on any atom is 0.340 e. The van der Waals surface area contributed by atoms with Crippen molar-refractivity contribution >= 4 is 33.2 Å². The lowest BCUT2D eigenvalue weighted by Gasteiger charge is -2.07. The van der Waals surface area contributed by atoms with Crippen molar-refractivity contribution in [2.24, 2.45) is 0 Å². The maximum atomic E-state index is 14.0. The molecule has 0 atom stereocenters. The second kappa shape index (κ2) is 10.9. The van der Waals surface area contributed by atoms with Gasteiger partial charge in [-0.05, 0) is 23.3 Å². The SMILES string of the molecule is Nc1c(F)cc2c(ccn2Cc2ccccc2)c1F.O=[N+]([O-])c1c(F)cc2c(ccn2Cc2ccccc2)c1F. The number of aromatic nitrogens is 2. The van der Waals surface area contributed by atoms with Crippen LogP contribution in [-0.4, -0.2) is 14.1 Å². The van der Waals surface area contributed by atoms with E-state index in [1.165, 1.54) is 12.1 Å². The Morgan fingerprint density at radius 1 is 0.675 bits per heavy atom. The number of anilines is 1. The Labute approximate surface area is 225 Å². The number of benzene rings is 4. The monoisotopic (exact) mass is 546 g/mol. The highest BCUT2D eigenvalue weighted by Crippen LogP contribution is 2.31. The minimum Gasteiger partial charge on any atom is -0.394 e. The zero-order chi connectivity index (χ0) is 28.4. The van der Waals surface area contributed by atoms with Gasteiger partial charge in [-0.3, -0.25) is 10.1 Å². The van der Waals surface area contributed by atoms with Gasteiger partial charge in [0.2, 0.25) is 11.6 Å². The molecule has 6 nitrogen and oxygen atoms in total. The van der Waals surface area contributed by atoms with Crippen molar-refractivity contribution < 1.29 is 22.5 Å². The van der Waals surface area contributed by atoms with Gasteiger partial charge in [0.15, 0.2) is 11.6 Å². The van der Waals surface area contributed by atoms with Crippen LogP contribution in [0.3, 0.4) is 0 Å². The van der Waals surface area contributed by atoms with Gasteiger partial charge in [0.25, 0.3) is 0 Å². The highest BCUT2D eigenvalue weighted by Gasteiger charge is 2.25. The molecule has 0 spiro atoms. The highest BCUT2D eigenvalue weighted by atomic mass is 19.1. The lowest BCUT2D eigenvalue weighted by molar-refractivity contribution is -0.390. The molecule has 4 aromatic carbocycles. The van der Waals surface area contributed by atoms with E-state index in [-0.39, 0.29) is 5.39 Å². The first-order valence-corrected chi connectivity index (χ1v) is 12.2. The lowest BCUT2D eigenvalue weighted by atomic mass is 10.2. The average Bonchev–Trinajstić information content (AvgIpc) is 3.53. The van der Waals surface area contributed by atoms with Crippen LogP contribution in [0.5, 0.6) is 0 Å². The van der Waals surface area contributed by atoms with Crippen LogP contribution in [0.25, 0.3) is 21.8 Å². The third kappa shape index (κ3) is 5.11. The van der Waals surface area contributed by atoms with Gasteiger partial charge in [-0.1, -0.05) is 60.7 Å². The minimum atomic E-state index is -1.17. The molecule has 2 N–H and O–H groups in total. The van der Waals surface area contributed by atoms with Crippen molar-refractivity contribution in [2.75, 3.05) is 5.73 Å². The third-order valence-electron chi connectivity index (χ3n) is 6.51. The van der Waals surface area contributed by atoms with E-state index in [9.17, 15) is 27.7 Å². The van der Waals surface area contributed by atoms with Crippen LogP contribution in [0.2, 0.25) is 0 Å². The summed E-state index contributed by atoms with van der Waals surface area (Å²) >= 11 is 0. The van der Waals surface area contributed by atoms with Crippen LogP contribution in [0.4, 0.5) is 28.9 Å². The van der Waals surface area contributed by atoms with Crippen molar-refractivity contribution in [3.05, 3.63) is 142 Å². The maximum absolute atomic E-state index is 14.0. The van der Waals surface area contributed by atoms with Crippen molar-refractivity contribution in [1.82, 2.24) is 9.13 Å². The summed E-state index contributed by atoms with van der Waals surface area (Å²) in [6.45, 7) is 0.994. The van der Waals surface area contributed by atoms with E-state index in [4.69, 9.17) is 5.73 Å². The fraction of sp³-hybridized carbons (Fsp3) is 0.0667. The van der Waals surface area contributed by atoms with Crippen LogP contribution in [0.1, 0.15) is 11.1 Å². The summed E-state index contributed by atoms with van der Waals surface area (Å²) in [7, 11) is 0. The first kappa shape index (κ1) is 26.5. The molecule has 0 bridgehead atoms. The first-order valence-electron chi connectivity index (χ1n) is 12.2. The van der Waals surface area contributed by atoms with Crippen molar-refractivity contribution in [2.45, 2.75) is 13.1 Å². The summed E-state index contributed by atoms with van der Waals surface area (Å²) in [5.41, 5.74) is 6.65. The number of nitro benzene ring substituents is 1. The quantitative estimate of drug-likeness (QED) is 0.106. The predicted molar refractivity (Wildman–Crippen MR) is 146 cm³/mol. The highest BCUT2D eigenvalue weighted by molar-refractivity contribution is 5.85. The van der Waals surface area contributed by atoms with E-state index < -0.39 is 39.6 Å². The lowest BCUT2D eigenvalue weighted by Crippen LogP contribution is -2.01. The molecular weight excluding hydrogens is 524 g/mol. The van der Waals surface area contributed by atoms with Gasteiger partial charge in [0.1, 0.15) is 5.69 Å². The Hall–Kier alpha value is -5.12. The molecule has 0 saturated carbocycles. The molecule has 2 heterocycles. The van der Waals surface area contributed by atoms with Crippen LogP contribution >= 0.6 is 0 Å². The molecule has 6 aromatic rings. The van der Waals surface area contributed by atoms with Gasteiger partial charge in [-0.25, -0.2) is 8.78 Å². The van der Waals surface area contributed by atoms with E-state index in [0.29, 0.717) is 29.5 Å². The molecule has 0 aliphatic heterocycles. The number of halogens is 4. The van der Waals surface area contributed by atoms with E-state index in [1.807, 2.05) is 60.7 Å². The molecule has 0 fully saturated rings. The number of nitrogens with zero attached hydrogens (tertiary/aromatic N) is 3. The minimum absolute atomic E-state index is 0.0408. The number of rotatable bonds is 5. The predicted octanol–water partition coefficient (Wildman–Crippen LogP) is 7.43. The van der Waals surface area contributed by atoms with Crippen LogP contribution in [-0.2, 0) is 13.1 Å². The number of nitrogens with two attached hydrogens (primary N) is 1. The van der Waals surface area contributed by atoms with E-state index >= 15 is 0 Å². The molecule has 0 saturated heterocycles. The topological polar surface area (TPSA) is 79.0 Å². The van der Waals surface area contributed by atoms with Gasteiger partial charge in [0.05, 0.1) is 16.0 Å². The second-order valence-electron chi connectivity index (χ2n) is 9.09. The summed E-state index contributed by atoms with van der Waals surface area (Å²) in [4.78, 5) is 9.66. The number of fused-ring (bicyclic) bond motifs is 2. The molecule has 2 aromatic heterocycles. The van der Waals surface area contributed by atoms with Gasteiger partial charge in [0, 0.05) is 48.4 Å². The van der Waals surface area contributed by atoms with Crippen molar-refractivity contribution in [1.29, 1.82) is 0 Å². The molecule has 0 unspecified atom stereocenters. The van der Waals surface area contributed by atoms with E-state index in [2.05, 4.69) is 0 Å². The Morgan fingerprint density at radius 3 is 1.60 bits per heavy atom. The molecule has 10 heteroatoms. The second-order valence-corrected chi connectivity index (χ2v) is 9.09. The number of hydrogen-bond donors (Lipinski definition) is 1. The molecule has 0 aliphatic rings. The van der Waals surface area contributed by atoms with E-state index in [0.717, 1.165) is 17.2 Å². The molecule has 6 rings (SSSR count). The number of nitro groups is 1. The molecule has 40 heavy (non-hydrogen) atoms. The van der Waals surface area contributed by atoms with E-state index in [1.54, 1.807) is 27.6 Å². The van der Waals surface area contributed by atoms with Crippen LogP contribution in [0, 0.1) is 33.4 Å². The third-order valence-corrected chi connectivity index (χ3v) is 6.51.